The van der Waals surface area contributed by atoms with Gasteiger partial charge in [-0.3, -0.25) is 14.5 Å². The molecule has 0 radical (unpaired) electrons. The number of carbonyl (C=O) groups excluding carboxylic acids is 1. The molecule has 3 aromatic heterocycles. The first-order chi connectivity index (χ1) is 13.0. The minimum Gasteiger partial charge on any atom is -0.338 e. The van der Waals surface area contributed by atoms with Crippen LogP contribution in [0.4, 0.5) is 0 Å². The maximum Gasteiger partial charge on any atom is 0.259 e. The van der Waals surface area contributed by atoms with Crippen molar-refractivity contribution in [3.63, 3.8) is 0 Å². The van der Waals surface area contributed by atoms with Crippen LogP contribution in [0.5, 0.6) is 0 Å². The smallest absolute Gasteiger partial charge is 0.259 e. The normalized spacial score (nSPS) is 15.3. The maximum atomic E-state index is 12.7. The minimum absolute atomic E-state index is 0.0404. The van der Waals surface area contributed by atoms with E-state index >= 15 is 0 Å². The van der Waals surface area contributed by atoms with Crippen molar-refractivity contribution in [2.75, 3.05) is 13.1 Å². The molecule has 1 aliphatic heterocycles. The molecule has 0 N–H and O–H groups in total. The molecule has 0 bridgehead atoms. The van der Waals surface area contributed by atoms with Crippen molar-refractivity contribution in [3.8, 4) is 11.5 Å². The second kappa shape index (κ2) is 6.94. The van der Waals surface area contributed by atoms with Gasteiger partial charge < -0.3 is 9.42 Å². The van der Waals surface area contributed by atoms with Crippen molar-refractivity contribution >= 4 is 5.91 Å². The first-order valence-corrected chi connectivity index (χ1v) is 9.07. The summed E-state index contributed by atoms with van der Waals surface area (Å²) in [6.45, 7) is 5.19. The van der Waals surface area contributed by atoms with Gasteiger partial charge in [0.1, 0.15) is 0 Å². The summed E-state index contributed by atoms with van der Waals surface area (Å²) in [5, 5.41) is 8.32. The van der Waals surface area contributed by atoms with Crippen LogP contribution < -0.4 is 0 Å². The van der Waals surface area contributed by atoms with E-state index in [4.69, 9.17) is 4.52 Å². The molecule has 0 aromatic carbocycles. The van der Waals surface area contributed by atoms with E-state index in [9.17, 15) is 4.79 Å². The van der Waals surface area contributed by atoms with Gasteiger partial charge in [0.2, 0.25) is 0 Å². The number of piperidine rings is 1. The predicted octanol–water partition coefficient (Wildman–Crippen LogP) is 2.50. The van der Waals surface area contributed by atoms with Crippen molar-refractivity contribution in [2.24, 2.45) is 7.05 Å². The van der Waals surface area contributed by atoms with Gasteiger partial charge in [0.15, 0.2) is 5.82 Å². The monoisotopic (exact) mass is 366 g/mol. The molecule has 3 aromatic rings. The molecule has 0 atom stereocenters. The van der Waals surface area contributed by atoms with Crippen LogP contribution in [0.2, 0.25) is 0 Å². The Morgan fingerprint density at radius 2 is 1.96 bits per heavy atom. The van der Waals surface area contributed by atoms with Crippen LogP contribution in [0, 0.1) is 13.8 Å². The summed E-state index contributed by atoms with van der Waals surface area (Å²) in [6.07, 6.45) is 5.02. The summed E-state index contributed by atoms with van der Waals surface area (Å²) in [4.78, 5) is 23.4. The van der Waals surface area contributed by atoms with Crippen molar-refractivity contribution in [1.82, 2.24) is 29.8 Å². The van der Waals surface area contributed by atoms with Gasteiger partial charge in [-0.2, -0.15) is 10.1 Å². The highest BCUT2D eigenvalue weighted by molar-refractivity contribution is 5.95. The lowest BCUT2D eigenvalue weighted by atomic mass is 9.95. The molecule has 1 saturated heterocycles. The van der Waals surface area contributed by atoms with Crippen molar-refractivity contribution < 1.29 is 9.32 Å². The second-order valence-electron chi connectivity index (χ2n) is 6.98. The lowest BCUT2D eigenvalue weighted by Gasteiger charge is -2.30. The van der Waals surface area contributed by atoms with E-state index in [2.05, 4.69) is 20.2 Å². The predicted molar refractivity (Wildman–Crippen MR) is 98.1 cm³/mol. The summed E-state index contributed by atoms with van der Waals surface area (Å²) < 4.78 is 7.14. The van der Waals surface area contributed by atoms with Gasteiger partial charge in [-0.05, 0) is 38.8 Å². The van der Waals surface area contributed by atoms with Crippen LogP contribution in [0.1, 0.15) is 46.3 Å². The minimum atomic E-state index is 0.0404. The van der Waals surface area contributed by atoms with E-state index in [1.807, 2.05) is 37.9 Å². The van der Waals surface area contributed by atoms with E-state index in [1.54, 1.807) is 17.1 Å². The molecule has 140 valence electrons. The average Bonchev–Trinajstić information content (AvgIpc) is 3.30. The van der Waals surface area contributed by atoms with E-state index in [0.717, 1.165) is 29.8 Å². The Balaban J connectivity index is 1.41. The number of amides is 1. The number of hydrogen-bond acceptors (Lipinski definition) is 6. The zero-order chi connectivity index (χ0) is 19.0. The third-order valence-corrected chi connectivity index (χ3v) is 5.21. The zero-order valence-corrected chi connectivity index (χ0v) is 15.7. The van der Waals surface area contributed by atoms with Gasteiger partial charge in [-0.15, -0.1) is 0 Å². The first kappa shape index (κ1) is 17.4. The number of aromatic nitrogens is 5. The molecule has 0 aliphatic carbocycles. The van der Waals surface area contributed by atoms with Gasteiger partial charge in [0.25, 0.3) is 11.8 Å². The number of likely N-dealkylation sites (tertiary alicyclic amines) is 1. The third-order valence-electron chi connectivity index (χ3n) is 5.21. The van der Waals surface area contributed by atoms with Crippen LogP contribution in [0.3, 0.4) is 0 Å². The highest BCUT2D eigenvalue weighted by Crippen LogP contribution is 2.28. The Bertz CT molecular complexity index is 951. The highest BCUT2D eigenvalue weighted by atomic mass is 16.5. The molecular weight excluding hydrogens is 344 g/mol. The maximum absolute atomic E-state index is 12.7. The van der Waals surface area contributed by atoms with Crippen molar-refractivity contribution in [1.29, 1.82) is 0 Å². The van der Waals surface area contributed by atoms with E-state index in [-0.39, 0.29) is 11.8 Å². The quantitative estimate of drug-likeness (QED) is 0.707. The number of pyridine rings is 1. The molecule has 1 fully saturated rings. The van der Waals surface area contributed by atoms with Crippen LogP contribution >= 0.6 is 0 Å². The molecule has 4 heterocycles. The molecule has 4 rings (SSSR count). The molecule has 8 nitrogen and oxygen atoms in total. The van der Waals surface area contributed by atoms with Gasteiger partial charge in [0.05, 0.1) is 17.3 Å². The third kappa shape index (κ3) is 3.34. The Kier molecular flexibility index (Phi) is 4.47. The fourth-order valence-corrected chi connectivity index (χ4v) is 3.33. The van der Waals surface area contributed by atoms with Crippen LogP contribution in [0.25, 0.3) is 11.5 Å². The van der Waals surface area contributed by atoms with Gasteiger partial charge in [0, 0.05) is 43.6 Å². The average molecular weight is 366 g/mol. The van der Waals surface area contributed by atoms with Crippen molar-refractivity contribution in [3.05, 3.63) is 47.3 Å². The Hall–Kier alpha value is -3.03. The second-order valence-corrected chi connectivity index (χ2v) is 6.98. The summed E-state index contributed by atoms with van der Waals surface area (Å²) in [7, 11) is 1.84. The summed E-state index contributed by atoms with van der Waals surface area (Å²) in [6, 6.07) is 3.85. The fourth-order valence-electron chi connectivity index (χ4n) is 3.33. The summed E-state index contributed by atoms with van der Waals surface area (Å²) >= 11 is 0. The van der Waals surface area contributed by atoms with Crippen LogP contribution in [0.15, 0.2) is 29.0 Å². The Labute approximate surface area is 157 Å². The largest absolute Gasteiger partial charge is 0.338 e. The number of hydrogen-bond donors (Lipinski definition) is 0. The fraction of sp³-hybridized carbons (Fsp3) is 0.421. The molecule has 1 aliphatic rings. The molecule has 1 amide bonds. The summed E-state index contributed by atoms with van der Waals surface area (Å²) in [5.74, 6) is 1.43. The van der Waals surface area contributed by atoms with Crippen LogP contribution in [-0.4, -0.2) is 48.8 Å². The molecule has 27 heavy (non-hydrogen) atoms. The molecule has 0 unspecified atom stereocenters. The van der Waals surface area contributed by atoms with Gasteiger partial charge in [-0.1, -0.05) is 5.16 Å². The number of nitrogens with zero attached hydrogens (tertiary/aromatic N) is 6. The highest BCUT2D eigenvalue weighted by Gasteiger charge is 2.29. The zero-order valence-electron chi connectivity index (χ0n) is 15.7. The Morgan fingerprint density at radius 1 is 1.19 bits per heavy atom. The van der Waals surface area contributed by atoms with E-state index in [1.165, 1.54) is 0 Å². The van der Waals surface area contributed by atoms with Crippen molar-refractivity contribution in [2.45, 2.75) is 32.6 Å². The lowest BCUT2D eigenvalue weighted by molar-refractivity contribution is 0.0709. The SMILES string of the molecule is Cc1ccc(-c2nc(C3CCN(C(=O)c4cnn(C)c4C)CC3)no2)cn1. The number of aryl methyl sites for hydroxylation is 2. The number of rotatable bonds is 3. The van der Waals surface area contributed by atoms with Crippen LogP contribution in [-0.2, 0) is 7.05 Å². The van der Waals surface area contributed by atoms with Gasteiger partial charge in [-0.25, -0.2) is 0 Å². The topological polar surface area (TPSA) is 89.9 Å². The van der Waals surface area contributed by atoms with Gasteiger partial charge >= 0.3 is 0 Å². The standard InChI is InChI=1S/C19H22N6O2/c1-12-4-5-15(10-20-12)18-22-17(23-27-18)14-6-8-25(9-7-14)19(26)16-11-21-24(3)13(16)2/h4-5,10-11,14H,6-9H2,1-3H3. The molecular formula is C19H22N6O2. The molecule has 0 spiro atoms. The first-order valence-electron chi connectivity index (χ1n) is 9.07. The number of carbonyl (C=O) groups is 1. The Morgan fingerprint density at radius 3 is 2.59 bits per heavy atom. The lowest BCUT2D eigenvalue weighted by Crippen LogP contribution is -2.38. The molecule has 8 heteroatoms. The van der Waals surface area contributed by atoms with E-state index < -0.39 is 0 Å². The summed E-state index contributed by atoms with van der Waals surface area (Å²) in [5.41, 5.74) is 3.32. The van der Waals surface area contributed by atoms with E-state index in [0.29, 0.717) is 30.4 Å². The molecule has 0 saturated carbocycles.